The highest BCUT2D eigenvalue weighted by atomic mass is 35.5. The predicted molar refractivity (Wildman–Crippen MR) is 61.8 cm³/mol. The van der Waals surface area contributed by atoms with Crippen molar-refractivity contribution in [2.75, 3.05) is 0 Å². The minimum atomic E-state index is -4.49. The Morgan fingerprint density at radius 2 is 1.59 bits per heavy atom. The molecule has 0 fully saturated rings. The first-order chi connectivity index (χ1) is 7.79. The quantitative estimate of drug-likeness (QED) is 0.608. The Labute approximate surface area is 109 Å². The molecule has 0 aliphatic carbocycles. The summed E-state index contributed by atoms with van der Waals surface area (Å²) in [6, 6.07) is 2.96. The van der Waals surface area contributed by atoms with Gasteiger partial charge in [0.25, 0.3) is 0 Å². The highest BCUT2D eigenvalue weighted by molar-refractivity contribution is 6.40. The molecule has 90 valence electrons. The second kappa shape index (κ2) is 4.19. The zero-order chi connectivity index (χ0) is 12.8. The minimum absolute atomic E-state index is 0.0733. The first kappa shape index (κ1) is 12.7. The molecule has 17 heavy (non-hydrogen) atoms. The Kier molecular flexibility index (Phi) is 3.14. The van der Waals surface area contributed by atoms with Crippen molar-refractivity contribution < 1.29 is 13.2 Å². The summed E-state index contributed by atoms with van der Waals surface area (Å²) >= 11 is 17.2. The minimum Gasteiger partial charge on any atom is -0.234 e. The molecule has 0 bridgehead atoms. The van der Waals surface area contributed by atoms with Crippen molar-refractivity contribution in [1.82, 2.24) is 4.98 Å². The number of hydrogen-bond donors (Lipinski definition) is 0. The van der Waals surface area contributed by atoms with Crippen LogP contribution in [0.3, 0.4) is 0 Å². The van der Waals surface area contributed by atoms with Crippen molar-refractivity contribution in [2.45, 2.75) is 6.18 Å². The number of halogens is 6. The van der Waals surface area contributed by atoms with E-state index < -0.39 is 11.7 Å². The second-order valence-electron chi connectivity index (χ2n) is 3.28. The molecule has 1 nitrogen and oxygen atoms in total. The Balaban J connectivity index is 2.83. The van der Waals surface area contributed by atoms with E-state index >= 15 is 0 Å². The van der Waals surface area contributed by atoms with Crippen LogP contribution < -0.4 is 0 Å². The van der Waals surface area contributed by atoms with Crippen LogP contribution in [-0.2, 0) is 6.18 Å². The van der Waals surface area contributed by atoms with E-state index in [0.29, 0.717) is 0 Å². The molecule has 1 aromatic heterocycles. The monoisotopic (exact) mass is 299 g/mol. The van der Waals surface area contributed by atoms with E-state index in [9.17, 15) is 13.2 Å². The normalized spacial score (nSPS) is 12.1. The number of hydrogen-bond acceptors (Lipinski definition) is 1. The van der Waals surface area contributed by atoms with Crippen LogP contribution in [0.4, 0.5) is 13.2 Å². The fourth-order valence-corrected chi connectivity index (χ4v) is 2.14. The molecule has 1 heterocycles. The smallest absolute Gasteiger partial charge is 0.234 e. The number of fused-ring (bicyclic) bond motifs is 1. The van der Waals surface area contributed by atoms with Gasteiger partial charge in [0.05, 0.1) is 21.1 Å². The van der Waals surface area contributed by atoms with Crippen molar-refractivity contribution in [3.05, 3.63) is 39.0 Å². The van der Waals surface area contributed by atoms with E-state index in [2.05, 4.69) is 4.98 Å². The molecular formula is C10H3Cl3F3N. The van der Waals surface area contributed by atoms with Gasteiger partial charge in [0.1, 0.15) is 5.15 Å². The highest BCUT2D eigenvalue weighted by Crippen LogP contribution is 2.37. The third kappa shape index (κ3) is 2.44. The average Bonchev–Trinajstić information content (AvgIpc) is 2.17. The molecule has 0 radical (unpaired) electrons. The van der Waals surface area contributed by atoms with E-state index in [0.717, 1.165) is 12.1 Å². The van der Waals surface area contributed by atoms with E-state index in [4.69, 9.17) is 34.8 Å². The Morgan fingerprint density at radius 1 is 0.941 bits per heavy atom. The second-order valence-corrected chi connectivity index (χ2v) is 4.48. The van der Waals surface area contributed by atoms with Gasteiger partial charge in [0.2, 0.25) is 0 Å². The summed E-state index contributed by atoms with van der Waals surface area (Å²) in [5.41, 5.74) is -0.724. The van der Waals surface area contributed by atoms with Gasteiger partial charge in [-0.05, 0) is 18.2 Å². The first-order valence-corrected chi connectivity index (χ1v) is 5.45. The summed E-state index contributed by atoms with van der Waals surface area (Å²) in [4.78, 5) is 3.84. The molecule has 7 heteroatoms. The summed E-state index contributed by atoms with van der Waals surface area (Å²) in [6.07, 6.45) is -4.49. The molecule has 0 N–H and O–H groups in total. The van der Waals surface area contributed by atoms with E-state index in [1.165, 1.54) is 6.07 Å². The molecule has 0 unspecified atom stereocenters. The predicted octanol–water partition coefficient (Wildman–Crippen LogP) is 5.21. The first-order valence-electron chi connectivity index (χ1n) is 4.31. The molecule has 2 rings (SSSR count). The van der Waals surface area contributed by atoms with Crippen molar-refractivity contribution in [3.63, 3.8) is 0 Å². The number of pyridine rings is 1. The summed E-state index contributed by atoms with van der Waals surface area (Å²) in [6.45, 7) is 0. The fourth-order valence-electron chi connectivity index (χ4n) is 1.38. The zero-order valence-corrected chi connectivity index (χ0v) is 10.2. The van der Waals surface area contributed by atoms with Crippen LogP contribution in [0.5, 0.6) is 0 Å². The average molecular weight is 300 g/mol. The van der Waals surface area contributed by atoms with Crippen LogP contribution in [0, 0.1) is 0 Å². The maximum Gasteiger partial charge on any atom is 0.416 e. The van der Waals surface area contributed by atoms with Crippen LogP contribution >= 0.6 is 34.8 Å². The van der Waals surface area contributed by atoms with Gasteiger partial charge in [-0.1, -0.05) is 34.8 Å². The van der Waals surface area contributed by atoms with E-state index in [1.807, 2.05) is 0 Å². The lowest BCUT2D eigenvalue weighted by Gasteiger charge is -2.10. The molecule has 0 aliphatic heterocycles. The largest absolute Gasteiger partial charge is 0.416 e. The van der Waals surface area contributed by atoms with Crippen LogP contribution in [0.25, 0.3) is 10.9 Å². The molecule has 0 atom stereocenters. The number of rotatable bonds is 0. The topological polar surface area (TPSA) is 12.9 Å². The van der Waals surface area contributed by atoms with Gasteiger partial charge in [0.15, 0.2) is 0 Å². The summed E-state index contributed by atoms with van der Waals surface area (Å²) in [5.74, 6) is 0. The number of nitrogens with zero attached hydrogens (tertiary/aromatic N) is 1. The van der Waals surface area contributed by atoms with Gasteiger partial charge in [-0.3, -0.25) is 0 Å². The molecule has 2 aromatic rings. The molecule has 0 saturated heterocycles. The fraction of sp³-hybridized carbons (Fsp3) is 0.100. The van der Waals surface area contributed by atoms with Crippen LogP contribution in [-0.4, -0.2) is 4.98 Å². The maximum absolute atomic E-state index is 12.6. The number of alkyl halides is 3. The Morgan fingerprint density at radius 3 is 2.18 bits per heavy atom. The van der Waals surface area contributed by atoms with Crippen molar-refractivity contribution in [2.24, 2.45) is 0 Å². The molecular weight excluding hydrogens is 297 g/mol. The highest BCUT2D eigenvalue weighted by Gasteiger charge is 2.31. The lowest BCUT2D eigenvalue weighted by molar-refractivity contribution is -0.137. The summed E-state index contributed by atoms with van der Waals surface area (Å²) in [5, 5.41) is 0.132. The van der Waals surface area contributed by atoms with Gasteiger partial charge in [-0.25, -0.2) is 4.98 Å². The molecule has 1 aromatic carbocycles. The van der Waals surface area contributed by atoms with Crippen molar-refractivity contribution >= 4 is 45.7 Å². The van der Waals surface area contributed by atoms with Crippen LogP contribution in [0.2, 0.25) is 15.2 Å². The zero-order valence-electron chi connectivity index (χ0n) is 7.95. The van der Waals surface area contributed by atoms with Crippen LogP contribution in [0.1, 0.15) is 5.56 Å². The van der Waals surface area contributed by atoms with E-state index in [-0.39, 0.29) is 26.1 Å². The van der Waals surface area contributed by atoms with E-state index in [1.54, 1.807) is 0 Å². The van der Waals surface area contributed by atoms with Crippen molar-refractivity contribution in [1.29, 1.82) is 0 Å². The van der Waals surface area contributed by atoms with Gasteiger partial charge >= 0.3 is 6.18 Å². The summed E-state index contributed by atoms with van der Waals surface area (Å²) < 4.78 is 37.7. The SMILES string of the molecule is FC(F)(F)c1cc(Cl)c2nc(Cl)cc(Cl)c2c1. The molecule has 0 aliphatic rings. The summed E-state index contributed by atoms with van der Waals surface area (Å²) in [7, 11) is 0. The Bertz CT molecular complexity index is 595. The number of aromatic nitrogens is 1. The number of benzene rings is 1. The van der Waals surface area contributed by atoms with Gasteiger partial charge in [0, 0.05) is 5.39 Å². The lowest BCUT2D eigenvalue weighted by atomic mass is 10.1. The standard InChI is InChI=1S/C10H3Cl3F3N/c11-6-3-8(13)17-9-5(6)1-4(2-7(9)12)10(14,15)16/h1-3H. The van der Waals surface area contributed by atoms with Gasteiger partial charge < -0.3 is 0 Å². The van der Waals surface area contributed by atoms with Gasteiger partial charge in [-0.15, -0.1) is 0 Å². The lowest BCUT2D eigenvalue weighted by Crippen LogP contribution is -2.05. The maximum atomic E-state index is 12.6. The van der Waals surface area contributed by atoms with Crippen LogP contribution in [0.15, 0.2) is 18.2 Å². The Hall–Kier alpha value is -0.710. The third-order valence-corrected chi connectivity index (χ3v) is 2.91. The van der Waals surface area contributed by atoms with Gasteiger partial charge in [-0.2, -0.15) is 13.2 Å². The molecule has 0 saturated carbocycles. The molecule has 0 spiro atoms. The molecule has 0 amide bonds. The third-order valence-electron chi connectivity index (χ3n) is 2.11. The van der Waals surface area contributed by atoms with Crippen molar-refractivity contribution in [3.8, 4) is 0 Å².